The molecule has 1 saturated carbocycles. The van der Waals surface area contributed by atoms with Crippen molar-refractivity contribution in [2.24, 2.45) is 23.7 Å². The van der Waals surface area contributed by atoms with Gasteiger partial charge in [-0.1, -0.05) is 25.3 Å². The summed E-state index contributed by atoms with van der Waals surface area (Å²) < 4.78 is 10.6. The van der Waals surface area contributed by atoms with Crippen LogP contribution in [0.5, 0.6) is 0 Å². The normalized spacial score (nSPS) is 29.0. The van der Waals surface area contributed by atoms with Gasteiger partial charge in [0.15, 0.2) is 0 Å². The Morgan fingerprint density at radius 1 is 0.909 bits per heavy atom. The number of allylic oxidation sites excluding steroid dienone is 2. The third-order valence-electron chi connectivity index (χ3n) is 4.21. The van der Waals surface area contributed by atoms with Crippen LogP contribution in [0.15, 0.2) is 36.5 Å². The quantitative estimate of drug-likeness (QED) is 0.559. The van der Waals surface area contributed by atoms with E-state index in [4.69, 9.17) is 9.47 Å². The molecule has 120 valence electrons. The fourth-order valence-electron chi connectivity index (χ4n) is 3.22. The maximum atomic E-state index is 12.4. The molecular weight excluding hydrogens is 280 g/mol. The lowest BCUT2D eigenvalue weighted by molar-refractivity contribution is -0.166. The Hall–Kier alpha value is -1.84. The lowest BCUT2D eigenvalue weighted by atomic mass is 9.62. The van der Waals surface area contributed by atoms with Gasteiger partial charge in [-0.15, -0.1) is 0 Å². The first-order valence-corrected chi connectivity index (χ1v) is 7.70. The topological polar surface area (TPSA) is 52.6 Å². The molecule has 1 fully saturated rings. The van der Waals surface area contributed by atoms with Gasteiger partial charge in [0.25, 0.3) is 0 Å². The minimum Gasteiger partial charge on any atom is -0.461 e. The van der Waals surface area contributed by atoms with Crippen LogP contribution in [0.2, 0.25) is 0 Å². The van der Waals surface area contributed by atoms with E-state index in [1.807, 2.05) is 12.2 Å². The van der Waals surface area contributed by atoms with Gasteiger partial charge in [0, 0.05) is 0 Å². The second kappa shape index (κ2) is 6.95. The van der Waals surface area contributed by atoms with Crippen molar-refractivity contribution in [2.45, 2.75) is 26.7 Å². The highest BCUT2D eigenvalue weighted by Crippen LogP contribution is 2.46. The number of hydrogen-bond donors (Lipinski definition) is 0. The van der Waals surface area contributed by atoms with Crippen molar-refractivity contribution in [1.29, 1.82) is 0 Å². The number of rotatable bonds is 6. The molecule has 0 aliphatic heterocycles. The molecule has 4 atom stereocenters. The van der Waals surface area contributed by atoms with Gasteiger partial charge in [0.1, 0.15) is 13.2 Å². The Kier molecular flexibility index (Phi) is 5.22. The Morgan fingerprint density at radius 2 is 1.27 bits per heavy atom. The minimum atomic E-state index is -0.444. The fraction of sp³-hybridized carbons (Fsp3) is 0.556. The predicted octanol–water partition coefficient (Wildman–Crippen LogP) is 3.05. The molecule has 3 rings (SSSR count). The Balaban J connectivity index is 2.11. The molecule has 0 aromatic carbocycles. The third-order valence-corrected chi connectivity index (χ3v) is 4.21. The second-order valence-electron chi connectivity index (χ2n) is 6.47. The molecule has 2 bridgehead atoms. The van der Waals surface area contributed by atoms with Gasteiger partial charge in [-0.25, -0.2) is 0 Å². The monoisotopic (exact) mass is 304 g/mol. The van der Waals surface area contributed by atoms with E-state index in [2.05, 4.69) is 13.2 Å². The first-order chi connectivity index (χ1) is 10.4. The second-order valence-corrected chi connectivity index (χ2v) is 6.47. The van der Waals surface area contributed by atoms with E-state index in [1.54, 1.807) is 13.8 Å². The number of carbonyl (C=O) groups is 2. The zero-order valence-corrected chi connectivity index (χ0v) is 13.3. The van der Waals surface area contributed by atoms with E-state index in [-0.39, 0.29) is 37.0 Å². The van der Waals surface area contributed by atoms with E-state index in [9.17, 15) is 9.59 Å². The van der Waals surface area contributed by atoms with Gasteiger partial charge < -0.3 is 9.47 Å². The Morgan fingerprint density at radius 3 is 1.55 bits per heavy atom. The molecule has 22 heavy (non-hydrogen) atoms. The maximum Gasteiger partial charge on any atom is 0.310 e. The van der Waals surface area contributed by atoms with E-state index < -0.39 is 11.8 Å². The molecule has 0 aromatic rings. The smallest absolute Gasteiger partial charge is 0.310 e. The largest absolute Gasteiger partial charge is 0.461 e. The summed E-state index contributed by atoms with van der Waals surface area (Å²) in [5.41, 5.74) is 1.57. The molecule has 4 heteroatoms. The van der Waals surface area contributed by atoms with Crippen LogP contribution in [-0.2, 0) is 19.1 Å². The van der Waals surface area contributed by atoms with Crippen LogP contribution in [0.1, 0.15) is 26.7 Å². The van der Waals surface area contributed by atoms with Crippen molar-refractivity contribution in [1.82, 2.24) is 0 Å². The van der Waals surface area contributed by atoms with E-state index in [0.29, 0.717) is 0 Å². The fourth-order valence-corrected chi connectivity index (χ4v) is 3.22. The molecule has 4 nitrogen and oxygen atoms in total. The van der Waals surface area contributed by atoms with Gasteiger partial charge in [-0.05, 0) is 49.7 Å². The highest BCUT2D eigenvalue weighted by molar-refractivity contribution is 5.84. The van der Waals surface area contributed by atoms with Crippen molar-refractivity contribution in [3.63, 3.8) is 0 Å². The molecule has 0 heterocycles. The molecule has 0 radical (unpaired) electrons. The summed E-state index contributed by atoms with van der Waals surface area (Å²) in [5.74, 6) is -1.41. The first-order valence-electron chi connectivity index (χ1n) is 7.70. The van der Waals surface area contributed by atoms with E-state index in [0.717, 1.165) is 24.0 Å². The van der Waals surface area contributed by atoms with Crippen molar-refractivity contribution < 1.29 is 19.1 Å². The maximum absolute atomic E-state index is 12.4. The standard InChI is InChI=1S/C18H24O4/c1-11(2)9-21-17(19)15-13-5-7-14(8-6-13)16(15)18(20)22-10-12(3)4/h5,7,13-16H,1,3,6,8-10H2,2,4H3. The molecule has 0 saturated heterocycles. The number of esters is 2. The molecule has 0 spiro atoms. The molecule has 3 aliphatic rings. The summed E-state index contributed by atoms with van der Waals surface area (Å²) in [5, 5.41) is 0. The predicted molar refractivity (Wildman–Crippen MR) is 83.9 cm³/mol. The zero-order valence-electron chi connectivity index (χ0n) is 13.3. The number of carbonyl (C=O) groups excluding carboxylic acids is 2. The zero-order chi connectivity index (χ0) is 16.3. The third kappa shape index (κ3) is 3.67. The Bertz CT molecular complexity index is 471. The average Bonchev–Trinajstić information content (AvgIpc) is 2.50. The Labute approximate surface area is 131 Å². The lowest BCUT2D eigenvalue weighted by Crippen LogP contribution is -2.46. The number of fused-ring (bicyclic) bond motifs is 2. The minimum absolute atomic E-state index is 0.0602. The first kappa shape index (κ1) is 16.5. The van der Waals surface area contributed by atoms with Crippen LogP contribution in [0.25, 0.3) is 0 Å². The summed E-state index contributed by atoms with van der Waals surface area (Å²) in [4.78, 5) is 24.8. The van der Waals surface area contributed by atoms with Crippen LogP contribution < -0.4 is 0 Å². The highest BCUT2D eigenvalue weighted by atomic mass is 16.5. The molecular formula is C18H24O4. The van der Waals surface area contributed by atoms with Crippen molar-refractivity contribution in [2.75, 3.05) is 13.2 Å². The van der Waals surface area contributed by atoms with Gasteiger partial charge >= 0.3 is 11.9 Å². The highest BCUT2D eigenvalue weighted by Gasteiger charge is 2.49. The average molecular weight is 304 g/mol. The SMILES string of the molecule is C=C(C)COC(=O)C1C2C=CC(CC2)C1C(=O)OCC(=C)C. The van der Waals surface area contributed by atoms with Crippen molar-refractivity contribution in [3.8, 4) is 0 Å². The van der Waals surface area contributed by atoms with Gasteiger partial charge in [0.2, 0.25) is 0 Å². The van der Waals surface area contributed by atoms with Crippen LogP contribution in [-0.4, -0.2) is 25.2 Å². The van der Waals surface area contributed by atoms with Crippen LogP contribution in [0.4, 0.5) is 0 Å². The summed E-state index contributed by atoms with van der Waals surface area (Å²) in [6, 6.07) is 0. The summed E-state index contributed by atoms with van der Waals surface area (Å²) in [7, 11) is 0. The van der Waals surface area contributed by atoms with Gasteiger partial charge in [0.05, 0.1) is 11.8 Å². The van der Waals surface area contributed by atoms with Crippen LogP contribution >= 0.6 is 0 Å². The van der Waals surface area contributed by atoms with E-state index >= 15 is 0 Å². The van der Waals surface area contributed by atoms with Crippen LogP contribution in [0, 0.1) is 23.7 Å². The molecule has 0 amide bonds. The number of hydrogen-bond acceptors (Lipinski definition) is 4. The molecule has 0 aromatic heterocycles. The van der Waals surface area contributed by atoms with E-state index in [1.165, 1.54) is 0 Å². The molecule has 4 unspecified atom stereocenters. The van der Waals surface area contributed by atoms with Gasteiger partial charge in [-0.2, -0.15) is 0 Å². The summed E-state index contributed by atoms with van der Waals surface area (Å²) in [6.07, 6.45) is 5.92. The van der Waals surface area contributed by atoms with Crippen molar-refractivity contribution >= 4 is 11.9 Å². The van der Waals surface area contributed by atoms with Gasteiger partial charge in [-0.3, -0.25) is 9.59 Å². The number of ether oxygens (including phenoxy) is 2. The lowest BCUT2D eigenvalue weighted by Gasteiger charge is -2.42. The summed E-state index contributed by atoms with van der Waals surface area (Å²) in [6.45, 7) is 11.5. The molecule has 3 aliphatic carbocycles. The van der Waals surface area contributed by atoms with Crippen molar-refractivity contribution in [3.05, 3.63) is 36.5 Å². The summed E-state index contributed by atoms with van der Waals surface area (Å²) >= 11 is 0. The van der Waals surface area contributed by atoms with Crippen LogP contribution in [0.3, 0.4) is 0 Å². The molecule has 0 N–H and O–H groups in total.